The molecule has 10 aromatic rings. The van der Waals surface area contributed by atoms with E-state index >= 15 is 0 Å². The standard InChI is InChI=1S/C44H28N2O2/c1-46-38-24-23-32(25-37(38)45-44(46)31-9-3-2-4-10-31)29-17-15-27(16-18-29)28-19-21-30(22-20-28)41-42-35(33-11-5-7-13-39(33)47-42)26-36-34-12-6-8-14-40(34)48-43(36)41/h2-26H,1H3. The largest absolute Gasteiger partial charge is 0.455 e. The Morgan fingerprint density at radius 1 is 0.438 bits per heavy atom. The maximum absolute atomic E-state index is 6.50. The smallest absolute Gasteiger partial charge is 0.147 e. The Hall–Kier alpha value is -6.39. The number of imidazole rings is 1. The molecule has 0 saturated heterocycles. The van der Waals surface area contributed by atoms with Crippen LogP contribution in [0.3, 0.4) is 0 Å². The molecule has 0 N–H and O–H groups in total. The molecule has 0 aliphatic carbocycles. The number of nitrogens with zero attached hydrogens (tertiary/aromatic N) is 2. The van der Waals surface area contributed by atoms with Crippen LogP contribution >= 0.6 is 0 Å². The number of hydrogen-bond donors (Lipinski definition) is 0. The van der Waals surface area contributed by atoms with E-state index in [1.54, 1.807) is 0 Å². The predicted molar refractivity (Wildman–Crippen MR) is 197 cm³/mol. The summed E-state index contributed by atoms with van der Waals surface area (Å²) in [6, 6.07) is 53.1. The van der Waals surface area contributed by atoms with Gasteiger partial charge >= 0.3 is 0 Å². The van der Waals surface area contributed by atoms with E-state index in [0.717, 1.165) is 99.7 Å². The molecule has 48 heavy (non-hydrogen) atoms. The number of aryl methyl sites for hydroxylation is 1. The van der Waals surface area contributed by atoms with Crippen molar-refractivity contribution in [3.63, 3.8) is 0 Å². The van der Waals surface area contributed by atoms with Gasteiger partial charge in [-0.15, -0.1) is 0 Å². The van der Waals surface area contributed by atoms with Crippen LogP contribution in [0.5, 0.6) is 0 Å². The lowest BCUT2D eigenvalue weighted by Crippen LogP contribution is -1.91. The van der Waals surface area contributed by atoms with Gasteiger partial charge in [0, 0.05) is 34.2 Å². The zero-order valence-corrected chi connectivity index (χ0v) is 26.1. The van der Waals surface area contributed by atoms with Gasteiger partial charge in [0.2, 0.25) is 0 Å². The Bertz CT molecular complexity index is 2730. The minimum absolute atomic E-state index is 0.848. The van der Waals surface area contributed by atoms with Crippen molar-refractivity contribution >= 4 is 54.9 Å². The van der Waals surface area contributed by atoms with Crippen molar-refractivity contribution in [1.29, 1.82) is 0 Å². The number of rotatable bonds is 4. The molecule has 0 unspecified atom stereocenters. The van der Waals surface area contributed by atoms with Crippen LogP contribution in [-0.4, -0.2) is 9.55 Å². The average molecular weight is 617 g/mol. The van der Waals surface area contributed by atoms with Gasteiger partial charge in [-0.25, -0.2) is 4.98 Å². The Morgan fingerprint density at radius 3 is 1.54 bits per heavy atom. The molecule has 0 amide bonds. The molecular formula is C44H28N2O2. The van der Waals surface area contributed by atoms with Crippen molar-refractivity contribution < 1.29 is 8.83 Å². The first-order valence-corrected chi connectivity index (χ1v) is 16.2. The molecule has 7 aromatic carbocycles. The normalized spacial score (nSPS) is 11.9. The highest BCUT2D eigenvalue weighted by atomic mass is 16.3. The molecule has 0 atom stereocenters. The summed E-state index contributed by atoms with van der Waals surface area (Å²) in [4.78, 5) is 4.98. The maximum atomic E-state index is 6.50. The van der Waals surface area contributed by atoms with Crippen LogP contribution in [0.2, 0.25) is 0 Å². The Kier molecular flexibility index (Phi) is 5.75. The summed E-state index contributed by atoms with van der Waals surface area (Å²) < 4.78 is 15.2. The maximum Gasteiger partial charge on any atom is 0.147 e. The molecule has 3 heterocycles. The third kappa shape index (κ3) is 4.06. The lowest BCUT2D eigenvalue weighted by atomic mass is 9.96. The van der Waals surface area contributed by atoms with Crippen LogP contribution < -0.4 is 0 Å². The lowest BCUT2D eigenvalue weighted by molar-refractivity contribution is 0.658. The van der Waals surface area contributed by atoms with E-state index in [-0.39, 0.29) is 0 Å². The highest BCUT2D eigenvalue weighted by Gasteiger charge is 2.21. The number of benzene rings is 7. The minimum atomic E-state index is 0.848. The van der Waals surface area contributed by atoms with Crippen molar-refractivity contribution in [2.45, 2.75) is 0 Å². The van der Waals surface area contributed by atoms with Crippen molar-refractivity contribution in [3.05, 3.63) is 152 Å². The van der Waals surface area contributed by atoms with E-state index in [9.17, 15) is 0 Å². The molecular weight excluding hydrogens is 588 g/mol. The van der Waals surface area contributed by atoms with Gasteiger partial charge in [0.15, 0.2) is 0 Å². The predicted octanol–water partition coefficient (Wildman–Crippen LogP) is 12.0. The van der Waals surface area contributed by atoms with E-state index in [4.69, 9.17) is 13.8 Å². The van der Waals surface area contributed by atoms with Gasteiger partial charge in [0.25, 0.3) is 0 Å². The first-order valence-electron chi connectivity index (χ1n) is 16.2. The summed E-state index contributed by atoms with van der Waals surface area (Å²) in [5.41, 5.74) is 13.3. The second-order valence-corrected chi connectivity index (χ2v) is 12.4. The molecule has 4 heteroatoms. The summed E-state index contributed by atoms with van der Waals surface area (Å²) in [7, 11) is 2.08. The molecule has 226 valence electrons. The first kappa shape index (κ1) is 26.8. The van der Waals surface area contributed by atoms with Crippen LogP contribution in [0.25, 0.3) is 99.7 Å². The highest BCUT2D eigenvalue weighted by Crippen LogP contribution is 2.44. The van der Waals surface area contributed by atoms with Crippen molar-refractivity contribution in [3.8, 4) is 44.8 Å². The summed E-state index contributed by atoms with van der Waals surface area (Å²) in [6.45, 7) is 0. The number of fused-ring (bicyclic) bond motifs is 7. The Labute approximate surface area is 276 Å². The molecule has 0 fully saturated rings. The van der Waals surface area contributed by atoms with E-state index < -0.39 is 0 Å². The van der Waals surface area contributed by atoms with Crippen molar-refractivity contribution in [2.24, 2.45) is 7.05 Å². The minimum Gasteiger partial charge on any atom is -0.455 e. The van der Waals surface area contributed by atoms with E-state index in [1.807, 2.05) is 30.3 Å². The van der Waals surface area contributed by atoms with E-state index in [1.165, 1.54) is 0 Å². The van der Waals surface area contributed by atoms with Gasteiger partial charge in [-0.2, -0.15) is 0 Å². The third-order valence-corrected chi connectivity index (χ3v) is 9.65. The van der Waals surface area contributed by atoms with Gasteiger partial charge < -0.3 is 13.4 Å². The first-order chi connectivity index (χ1) is 23.7. The second kappa shape index (κ2) is 10.3. The molecule has 0 spiro atoms. The zero-order valence-electron chi connectivity index (χ0n) is 26.1. The van der Waals surface area contributed by atoms with Crippen LogP contribution in [-0.2, 0) is 7.05 Å². The van der Waals surface area contributed by atoms with Crippen LogP contribution in [0.1, 0.15) is 0 Å². The molecule has 0 bridgehead atoms. The monoisotopic (exact) mass is 616 g/mol. The third-order valence-electron chi connectivity index (χ3n) is 9.65. The molecule has 10 rings (SSSR count). The molecule has 0 saturated carbocycles. The van der Waals surface area contributed by atoms with Crippen molar-refractivity contribution in [1.82, 2.24) is 9.55 Å². The SMILES string of the molecule is Cn1c(-c2ccccc2)nc2cc(-c3ccc(-c4ccc(-c5c6oc7ccccc7c6cc6c5oc5ccccc56)cc4)cc3)ccc21. The number of furan rings is 2. The molecule has 0 aliphatic rings. The van der Waals surface area contributed by atoms with E-state index in [0.29, 0.717) is 0 Å². The summed E-state index contributed by atoms with van der Waals surface area (Å²) in [6.07, 6.45) is 0. The quantitative estimate of drug-likeness (QED) is 0.198. The molecule has 3 aromatic heterocycles. The average Bonchev–Trinajstić information content (AvgIpc) is 3.82. The number of para-hydroxylation sites is 2. The Balaban J connectivity index is 1.02. The van der Waals surface area contributed by atoms with Gasteiger partial charge in [0.05, 0.1) is 16.6 Å². The Morgan fingerprint density at radius 2 is 0.938 bits per heavy atom. The molecule has 0 aliphatic heterocycles. The zero-order chi connectivity index (χ0) is 31.8. The van der Waals surface area contributed by atoms with Gasteiger partial charge in [0.1, 0.15) is 28.2 Å². The summed E-state index contributed by atoms with van der Waals surface area (Å²) in [5, 5.41) is 4.41. The molecule has 0 radical (unpaired) electrons. The topological polar surface area (TPSA) is 44.1 Å². The van der Waals surface area contributed by atoms with E-state index in [2.05, 4.69) is 133 Å². The number of aromatic nitrogens is 2. The fourth-order valence-electron chi connectivity index (χ4n) is 7.21. The van der Waals surface area contributed by atoms with Crippen LogP contribution in [0, 0.1) is 0 Å². The fraction of sp³-hybridized carbons (Fsp3) is 0.0227. The van der Waals surface area contributed by atoms with Gasteiger partial charge in [-0.3, -0.25) is 0 Å². The summed E-state index contributed by atoms with van der Waals surface area (Å²) >= 11 is 0. The fourth-order valence-corrected chi connectivity index (χ4v) is 7.21. The van der Waals surface area contributed by atoms with Crippen molar-refractivity contribution in [2.75, 3.05) is 0 Å². The highest BCUT2D eigenvalue weighted by molar-refractivity contribution is 6.22. The summed E-state index contributed by atoms with van der Waals surface area (Å²) in [5.74, 6) is 0.971. The number of hydrogen-bond acceptors (Lipinski definition) is 3. The van der Waals surface area contributed by atoms with Crippen LogP contribution in [0.15, 0.2) is 160 Å². The van der Waals surface area contributed by atoms with Gasteiger partial charge in [-0.05, 0) is 58.1 Å². The van der Waals surface area contributed by atoms with Crippen LogP contribution in [0.4, 0.5) is 0 Å². The second-order valence-electron chi connectivity index (χ2n) is 12.4. The molecule has 4 nitrogen and oxygen atoms in total. The van der Waals surface area contributed by atoms with Gasteiger partial charge in [-0.1, -0.05) is 121 Å². The lowest BCUT2D eigenvalue weighted by Gasteiger charge is -2.08.